The standard InChI is InChI=1S/C13H14N2O2S/c1-8-10(13(2,3)12(16)17)18-11(15-8)9-4-6-14-7-5-9/h4-7H,1-3H3,(H,16,17). The molecule has 0 fully saturated rings. The molecule has 0 amide bonds. The van der Waals surface area contributed by atoms with Crippen LogP contribution in [-0.2, 0) is 10.2 Å². The van der Waals surface area contributed by atoms with E-state index in [1.165, 1.54) is 11.3 Å². The predicted octanol–water partition coefficient (Wildman–Crippen LogP) is 2.88. The molecule has 0 saturated carbocycles. The Labute approximate surface area is 109 Å². The molecule has 0 aliphatic carbocycles. The molecule has 94 valence electrons. The molecule has 0 aliphatic heterocycles. The number of rotatable bonds is 3. The van der Waals surface area contributed by atoms with Crippen LogP contribution in [0.2, 0.25) is 0 Å². The van der Waals surface area contributed by atoms with Crippen LogP contribution in [0.25, 0.3) is 10.6 Å². The normalized spacial score (nSPS) is 11.5. The minimum Gasteiger partial charge on any atom is -0.481 e. The van der Waals surface area contributed by atoms with Gasteiger partial charge in [-0.15, -0.1) is 11.3 Å². The van der Waals surface area contributed by atoms with E-state index < -0.39 is 11.4 Å². The van der Waals surface area contributed by atoms with Crippen LogP contribution in [0.15, 0.2) is 24.5 Å². The molecule has 0 bridgehead atoms. The maximum atomic E-state index is 11.3. The number of hydrogen-bond donors (Lipinski definition) is 1. The zero-order valence-corrected chi connectivity index (χ0v) is 11.3. The van der Waals surface area contributed by atoms with Crippen molar-refractivity contribution in [3.63, 3.8) is 0 Å². The minimum atomic E-state index is -0.910. The van der Waals surface area contributed by atoms with Crippen LogP contribution in [0.1, 0.15) is 24.4 Å². The lowest BCUT2D eigenvalue weighted by atomic mass is 9.91. The van der Waals surface area contributed by atoms with Crippen molar-refractivity contribution in [3.05, 3.63) is 35.1 Å². The Morgan fingerprint density at radius 2 is 1.94 bits per heavy atom. The van der Waals surface area contributed by atoms with Gasteiger partial charge in [-0.25, -0.2) is 4.98 Å². The zero-order valence-electron chi connectivity index (χ0n) is 10.5. The van der Waals surface area contributed by atoms with E-state index in [9.17, 15) is 9.90 Å². The van der Waals surface area contributed by atoms with Crippen LogP contribution < -0.4 is 0 Å². The maximum absolute atomic E-state index is 11.3. The monoisotopic (exact) mass is 262 g/mol. The molecule has 18 heavy (non-hydrogen) atoms. The number of thiazole rings is 1. The molecular formula is C13H14N2O2S. The summed E-state index contributed by atoms with van der Waals surface area (Å²) in [6.45, 7) is 5.25. The quantitative estimate of drug-likeness (QED) is 0.923. The predicted molar refractivity (Wildman–Crippen MR) is 70.7 cm³/mol. The Hall–Kier alpha value is -1.75. The Morgan fingerprint density at radius 3 is 2.50 bits per heavy atom. The van der Waals surface area contributed by atoms with Crippen LogP contribution in [-0.4, -0.2) is 21.0 Å². The maximum Gasteiger partial charge on any atom is 0.314 e. The third-order valence-corrected chi connectivity index (χ3v) is 4.36. The van der Waals surface area contributed by atoms with Gasteiger partial charge in [-0.2, -0.15) is 0 Å². The van der Waals surface area contributed by atoms with E-state index in [1.54, 1.807) is 26.2 Å². The summed E-state index contributed by atoms with van der Waals surface area (Å²) in [5, 5.41) is 10.1. The summed E-state index contributed by atoms with van der Waals surface area (Å²) in [7, 11) is 0. The summed E-state index contributed by atoms with van der Waals surface area (Å²) < 4.78 is 0. The lowest BCUT2D eigenvalue weighted by molar-refractivity contribution is -0.142. The van der Waals surface area contributed by atoms with Gasteiger partial charge in [0.2, 0.25) is 0 Å². The first-order valence-electron chi connectivity index (χ1n) is 5.54. The van der Waals surface area contributed by atoms with Crippen molar-refractivity contribution in [1.82, 2.24) is 9.97 Å². The first kappa shape index (κ1) is 12.7. The minimum absolute atomic E-state index is 0.777. The van der Waals surface area contributed by atoms with E-state index in [-0.39, 0.29) is 0 Å². The molecule has 0 aliphatic rings. The molecule has 0 saturated heterocycles. The van der Waals surface area contributed by atoms with Gasteiger partial charge in [-0.3, -0.25) is 9.78 Å². The van der Waals surface area contributed by atoms with Crippen LogP contribution in [0, 0.1) is 6.92 Å². The Morgan fingerprint density at radius 1 is 1.33 bits per heavy atom. The van der Waals surface area contributed by atoms with Crippen molar-refractivity contribution in [2.45, 2.75) is 26.2 Å². The van der Waals surface area contributed by atoms with Crippen LogP contribution in [0.3, 0.4) is 0 Å². The lowest BCUT2D eigenvalue weighted by Gasteiger charge is -2.17. The van der Waals surface area contributed by atoms with Crippen molar-refractivity contribution in [1.29, 1.82) is 0 Å². The van der Waals surface area contributed by atoms with E-state index in [4.69, 9.17) is 0 Å². The van der Waals surface area contributed by atoms with Crippen molar-refractivity contribution >= 4 is 17.3 Å². The number of carbonyl (C=O) groups is 1. The van der Waals surface area contributed by atoms with Crippen molar-refractivity contribution < 1.29 is 9.90 Å². The molecule has 1 N–H and O–H groups in total. The molecule has 0 unspecified atom stereocenters. The lowest BCUT2D eigenvalue weighted by Crippen LogP contribution is -2.28. The molecule has 0 radical (unpaired) electrons. The van der Waals surface area contributed by atoms with E-state index in [2.05, 4.69) is 9.97 Å². The van der Waals surface area contributed by atoms with Gasteiger partial charge in [-0.1, -0.05) is 0 Å². The zero-order chi connectivity index (χ0) is 13.3. The van der Waals surface area contributed by atoms with Gasteiger partial charge >= 0.3 is 5.97 Å². The van der Waals surface area contributed by atoms with Gasteiger partial charge < -0.3 is 5.11 Å². The molecule has 0 atom stereocenters. The Balaban J connectivity index is 2.49. The van der Waals surface area contributed by atoms with Crippen molar-refractivity contribution in [3.8, 4) is 10.6 Å². The van der Waals surface area contributed by atoms with E-state index in [1.807, 2.05) is 19.1 Å². The fourth-order valence-corrected chi connectivity index (χ4v) is 2.86. The van der Waals surface area contributed by atoms with Gasteiger partial charge in [0, 0.05) is 22.8 Å². The number of aliphatic carboxylic acids is 1. The fraction of sp³-hybridized carbons (Fsp3) is 0.308. The number of pyridine rings is 1. The number of aromatic nitrogens is 2. The topological polar surface area (TPSA) is 63.1 Å². The summed E-state index contributed by atoms with van der Waals surface area (Å²) in [6, 6.07) is 3.74. The van der Waals surface area contributed by atoms with Gasteiger partial charge in [-0.05, 0) is 32.9 Å². The second-order valence-corrected chi connectivity index (χ2v) is 5.60. The van der Waals surface area contributed by atoms with Crippen LogP contribution in [0.4, 0.5) is 0 Å². The number of aryl methyl sites for hydroxylation is 1. The van der Waals surface area contributed by atoms with E-state index in [0.717, 1.165) is 21.1 Å². The van der Waals surface area contributed by atoms with Crippen LogP contribution >= 0.6 is 11.3 Å². The molecule has 0 spiro atoms. The molecule has 2 rings (SSSR count). The highest BCUT2D eigenvalue weighted by Gasteiger charge is 2.33. The number of hydrogen-bond acceptors (Lipinski definition) is 4. The number of carboxylic acid groups (broad SMARTS) is 1. The Bertz CT molecular complexity index is 576. The van der Waals surface area contributed by atoms with Gasteiger partial charge in [0.15, 0.2) is 0 Å². The van der Waals surface area contributed by atoms with Crippen molar-refractivity contribution in [2.75, 3.05) is 0 Å². The average Bonchev–Trinajstić information content (AvgIpc) is 2.73. The molecule has 2 heterocycles. The number of carboxylic acids is 1. The molecule has 2 aromatic heterocycles. The Kier molecular flexibility index (Phi) is 3.17. The summed E-state index contributed by atoms with van der Waals surface area (Å²) >= 11 is 1.43. The average molecular weight is 262 g/mol. The smallest absolute Gasteiger partial charge is 0.314 e. The van der Waals surface area contributed by atoms with Gasteiger partial charge in [0.1, 0.15) is 5.01 Å². The largest absolute Gasteiger partial charge is 0.481 e. The number of nitrogens with zero attached hydrogens (tertiary/aromatic N) is 2. The SMILES string of the molecule is Cc1nc(-c2ccncc2)sc1C(C)(C)C(=O)O. The molecular weight excluding hydrogens is 248 g/mol. The highest BCUT2D eigenvalue weighted by atomic mass is 32.1. The third kappa shape index (κ3) is 2.13. The second kappa shape index (κ2) is 4.49. The highest BCUT2D eigenvalue weighted by Crippen LogP contribution is 2.35. The van der Waals surface area contributed by atoms with E-state index in [0.29, 0.717) is 0 Å². The molecule has 5 heteroatoms. The van der Waals surface area contributed by atoms with E-state index >= 15 is 0 Å². The second-order valence-electron chi connectivity index (χ2n) is 4.60. The molecule has 4 nitrogen and oxygen atoms in total. The van der Waals surface area contributed by atoms with Gasteiger partial charge in [0.05, 0.1) is 11.1 Å². The first-order valence-corrected chi connectivity index (χ1v) is 6.36. The van der Waals surface area contributed by atoms with Crippen molar-refractivity contribution in [2.24, 2.45) is 0 Å². The molecule has 2 aromatic rings. The van der Waals surface area contributed by atoms with Crippen LogP contribution in [0.5, 0.6) is 0 Å². The summed E-state index contributed by atoms with van der Waals surface area (Å²) in [5.74, 6) is -0.837. The third-order valence-electron chi connectivity index (χ3n) is 2.83. The summed E-state index contributed by atoms with van der Waals surface area (Å²) in [5.41, 5.74) is 0.831. The highest BCUT2D eigenvalue weighted by molar-refractivity contribution is 7.15. The summed E-state index contributed by atoms with van der Waals surface area (Å²) in [4.78, 5) is 20.5. The molecule has 0 aromatic carbocycles. The first-order chi connectivity index (χ1) is 8.43. The summed E-state index contributed by atoms with van der Waals surface area (Å²) in [6.07, 6.45) is 3.40. The van der Waals surface area contributed by atoms with Gasteiger partial charge in [0.25, 0.3) is 0 Å². The fourth-order valence-electron chi connectivity index (χ4n) is 1.69.